The lowest BCUT2D eigenvalue weighted by Crippen LogP contribution is -2.34. The van der Waals surface area contributed by atoms with Crippen LogP contribution in [0.4, 0.5) is 4.79 Å². The molecular weight excluding hydrogens is 318 g/mol. The molecule has 0 heterocycles. The van der Waals surface area contributed by atoms with Gasteiger partial charge in [-0.15, -0.1) is 0 Å². The summed E-state index contributed by atoms with van der Waals surface area (Å²) in [6.45, 7) is 0. The number of hydrogen-bond acceptors (Lipinski definition) is 3. The second-order valence-electron chi connectivity index (χ2n) is 6.69. The predicted octanol–water partition coefficient (Wildman–Crippen LogP) is 4.38. The number of phenolic OH excluding ortho intramolecular Hbond substituents is 2. The van der Waals surface area contributed by atoms with Gasteiger partial charge in [-0.3, -0.25) is 0 Å². The van der Waals surface area contributed by atoms with Gasteiger partial charge < -0.3 is 20.6 Å². The van der Waals surface area contributed by atoms with Crippen molar-refractivity contribution in [2.75, 3.05) is 0 Å². The second kappa shape index (κ2) is 7.47. The van der Waals surface area contributed by atoms with Crippen molar-refractivity contribution in [3.8, 4) is 11.5 Å². The lowest BCUT2D eigenvalue weighted by atomic mass is 9.74. The van der Waals surface area contributed by atoms with Gasteiger partial charge in [0.2, 0.25) is 0 Å². The van der Waals surface area contributed by atoms with Crippen LogP contribution in [0.15, 0.2) is 48.5 Å². The number of phenols is 2. The summed E-state index contributed by atoms with van der Waals surface area (Å²) in [5, 5.41) is 31.4. The molecule has 1 aliphatic rings. The van der Waals surface area contributed by atoms with Crippen molar-refractivity contribution < 1.29 is 20.1 Å². The fourth-order valence-corrected chi connectivity index (χ4v) is 3.91. The van der Waals surface area contributed by atoms with Crippen LogP contribution in [0.2, 0.25) is 0 Å². The molecule has 4 N–H and O–H groups in total. The number of carbonyl (C=O) groups is 1. The lowest BCUT2D eigenvalue weighted by Gasteiger charge is -2.34. The number of benzene rings is 2. The van der Waals surface area contributed by atoms with Crippen molar-refractivity contribution in [1.29, 1.82) is 0 Å². The molecule has 1 unspecified atom stereocenters. The van der Waals surface area contributed by atoms with E-state index < -0.39 is 6.09 Å². The highest BCUT2D eigenvalue weighted by atomic mass is 16.4. The Balaban J connectivity index is 1.72. The molecule has 132 valence electrons. The summed E-state index contributed by atoms with van der Waals surface area (Å²) >= 11 is 0. The van der Waals surface area contributed by atoms with Gasteiger partial charge in [-0.25, -0.2) is 4.79 Å². The van der Waals surface area contributed by atoms with E-state index in [-0.39, 0.29) is 29.4 Å². The third-order valence-corrected chi connectivity index (χ3v) is 5.13. The summed E-state index contributed by atoms with van der Waals surface area (Å²) in [6, 6.07) is 14.2. The van der Waals surface area contributed by atoms with E-state index in [4.69, 9.17) is 0 Å². The van der Waals surface area contributed by atoms with Gasteiger partial charge in [0, 0.05) is 6.07 Å². The van der Waals surface area contributed by atoms with Crippen molar-refractivity contribution >= 4 is 6.09 Å². The minimum Gasteiger partial charge on any atom is -0.508 e. The smallest absolute Gasteiger partial charge is 0.405 e. The van der Waals surface area contributed by atoms with E-state index in [1.54, 1.807) is 12.1 Å². The zero-order chi connectivity index (χ0) is 17.8. The molecule has 0 saturated heterocycles. The van der Waals surface area contributed by atoms with E-state index in [0.29, 0.717) is 0 Å². The molecule has 1 amide bonds. The average Bonchev–Trinajstić information content (AvgIpc) is 2.61. The molecule has 0 radical (unpaired) electrons. The molecule has 2 aromatic rings. The molecule has 0 aliphatic heterocycles. The van der Waals surface area contributed by atoms with E-state index in [2.05, 4.69) is 5.32 Å². The van der Waals surface area contributed by atoms with E-state index in [1.807, 2.05) is 30.3 Å². The number of rotatable bonds is 4. The number of nitrogens with one attached hydrogen (secondary N) is 1. The van der Waals surface area contributed by atoms with E-state index in [0.717, 1.165) is 36.8 Å². The number of hydrogen-bond donors (Lipinski definition) is 4. The molecule has 0 spiro atoms. The third-order valence-electron chi connectivity index (χ3n) is 5.13. The van der Waals surface area contributed by atoms with Crippen LogP contribution in [0, 0.1) is 5.92 Å². The fraction of sp³-hybridized carbons (Fsp3) is 0.350. The van der Waals surface area contributed by atoms with E-state index in [1.165, 1.54) is 6.07 Å². The van der Waals surface area contributed by atoms with Crippen LogP contribution in [0.3, 0.4) is 0 Å². The van der Waals surface area contributed by atoms with Crippen LogP contribution in [0.25, 0.3) is 0 Å². The Morgan fingerprint density at radius 3 is 2.28 bits per heavy atom. The maximum absolute atomic E-state index is 11.2. The number of carboxylic acid groups (broad SMARTS) is 1. The lowest BCUT2D eigenvalue weighted by molar-refractivity contribution is 0.176. The molecule has 3 rings (SSSR count). The minimum absolute atomic E-state index is 0.0599. The zero-order valence-corrected chi connectivity index (χ0v) is 13.9. The van der Waals surface area contributed by atoms with Crippen LogP contribution in [0.1, 0.15) is 48.8 Å². The summed E-state index contributed by atoms with van der Waals surface area (Å²) < 4.78 is 0. The Hall–Kier alpha value is -2.69. The second-order valence-corrected chi connectivity index (χ2v) is 6.69. The Labute approximate surface area is 146 Å². The SMILES string of the molecule is O=C(O)NC(c1ccccc1)C1CCC(c2ccc(O)cc2O)CC1. The zero-order valence-electron chi connectivity index (χ0n) is 13.9. The summed E-state index contributed by atoms with van der Waals surface area (Å²) in [5.74, 6) is 0.656. The van der Waals surface area contributed by atoms with Gasteiger partial charge in [-0.1, -0.05) is 36.4 Å². The molecule has 1 saturated carbocycles. The Morgan fingerprint density at radius 1 is 1.00 bits per heavy atom. The van der Waals surface area contributed by atoms with Gasteiger partial charge in [0.25, 0.3) is 0 Å². The van der Waals surface area contributed by atoms with Gasteiger partial charge in [0.05, 0.1) is 6.04 Å². The first kappa shape index (κ1) is 17.1. The van der Waals surface area contributed by atoms with Crippen LogP contribution in [-0.4, -0.2) is 21.4 Å². The first-order valence-corrected chi connectivity index (χ1v) is 8.61. The molecule has 2 aromatic carbocycles. The predicted molar refractivity (Wildman–Crippen MR) is 94.8 cm³/mol. The van der Waals surface area contributed by atoms with Crippen molar-refractivity contribution in [1.82, 2.24) is 5.32 Å². The molecular formula is C20H23NO4. The molecule has 1 atom stereocenters. The molecule has 5 nitrogen and oxygen atoms in total. The van der Waals surface area contributed by atoms with Crippen molar-refractivity contribution in [3.63, 3.8) is 0 Å². The monoisotopic (exact) mass is 341 g/mol. The highest BCUT2D eigenvalue weighted by Crippen LogP contribution is 2.43. The average molecular weight is 341 g/mol. The summed E-state index contributed by atoms with van der Waals surface area (Å²) in [6.07, 6.45) is 2.52. The number of aromatic hydroxyl groups is 2. The minimum atomic E-state index is -1.01. The largest absolute Gasteiger partial charge is 0.508 e. The summed E-state index contributed by atoms with van der Waals surface area (Å²) in [5.41, 5.74) is 1.85. The van der Waals surface area contributed by atoms with Crippen molar-refractivity contribution in [2.24, 2.45) is 5.92 Å². The molecule has 0 bridgehead atoms. The van der Waals surface area contributed by atoms with Gasteiger partial charge in [-0.05, 0) is 54.7 Å². The molecule has 25 heavy (non-hydrogen) atoms. The van der Waals surface area contributed by atoms with Crippen LogP contribution >= 0.6 is 0 Å². The highest BCUT2D eigenvalue weighted by Gasteiger charge is 2.31. The fourth-order valence-electron chi connectivity index (χ4n) is 3.91. The third kappa shape index (κ3) is 4.05. The standard InChI is InChI=1S/C20H23NO4/c22-16-10-11-17(18(23)12-16)13-6-8-15(9-7-13)19(21-20(24)25)14-4-2-1-3-5-14/h1-5,10-13,15,19,21-23H,6-9H2,(H,24,25). The van der Waals surface area contributed by atoms with Gasteiger partial charge in [0.15, 0.2) is 0 Å². The first-order valence-electron chi connectivity index (χ1n) is 8.61. The first-order chi connectivity index (χ1) is 12.0. The molecule has 1 fully saturated rings. The van der Waals surface area contributed by atoms with E-state index >= 15 is 0 Å². The van der Waals surface area contributed by atoms with Crippen LogP contribution in [0.5, 0.6) is 11.5 Å². The van der Waals surface area contributed by atoms with Crippen LogP contribution in [-0.2, 0) is 0 Å². The summed E-state index contributed by atoms with van der Waals surface area (Å²) in [4.78, 5) is 11.2. The maximum atomic E-state index is 11.2. The molecule has 0 aromatic heterocycles. The van der Waals surface area contributed by atoms with Gasteiger partial charge >= 0.3 is 6.09 Å². The van der Waals surface area contributed by atoms with Crippen molar-refractivity contribution in [3.05, 3.63) is 59.7 Å². The molecule has 5 heteroatoms. The topological polar surface area (TPSA) is 89.8 Å². The van der Waals surface area contributed by atoms with Crippen LogP contribution < -0.4 is 5.32 Å². The Morgan fingerprint density at radius 2 is 1.68 bits per heavy atom. The normalized spacial score (nSPS) is 21.4. The Bertz CT molecular complexity index is 724. The van der Waals surface area contributed by atoms with Gasteiger partial charge in [0.1, 0.15) is 11.5 Å². The Kier molecular flexibility index (Phi) is 5.12. The van der Waals surface area contributed by atoms with E-state index in [9.17, 15) is 20.1 Å². The summed E-state index contributed by atoms with van der Waals surface area (Å²) in [7, 11) is 0. The quantitative estimate of drug-likeness (QED) is 0.664. The number of amides is 1. The highest BCUT2D eigenvalue weighted by molar-refractivity contribution is 5.65. The maximum Gasteiger partial charge on any atom is 0.405 e. The van der Waals surface area contributed by atoms with Crippen molar-refractivity contribution in [2.45, 2.75) is 37.6 Å². The molecule has 1 aliphatic carbocycles. The van der Waals surface area contributed by atoms with Gasteiger partial charge in [-0.2, -0.15) is 0 Å².